The molecule has 2 heterocycles. The zero-order valence-electron chi connectivity index (χ0n) is 11.0. The summed E-state index contributed by atoms with van der Waals surface area (Å²) in [5.74, 6) is 0.692. The van der Waals surface area contributed by atoms with Gasteiger partial charge in [0.1, 0.15) is 5.76 Å². The molecule has 1 aliphatic heterocycles. The van der Waals surface area contributed by atoms with Gasteiger partial charge in [0, 0.05) is 13.1 Å². The van der Waals surface area contributed by atoms with Crippen LogP contribution in [-0.4, -0.2) is 41.2 Å². The average Bonchev–Trinajstić information content (AvgIpc) is 2.97. The maximum atomic E-state index is 12.2. The van der Waals surface area contributed by atoms with Crippen molar-refractivity contribution in [2.75, 3.05) is 19.3 Å². The zero-order chi connectivity index (χ0) is 14.0. The van der Waals surface area contributed by atoms with Crippen LogP contribution in [0.3, 0.4) is 0 Å². The fourth-order valence-corrected chi connectivity index (χ4v) is 2.62. The molecule has 1 aromatic rings. The van der Waals surface area contributed by atoms with Gasteiger partial charge in [-0.1, -0.05) is 0 Å². The van der Waals surface area contributed by atoms with Crippen LogP contribution in [0.25, 0.3) is 0 Å². The van der Waals surface area contributed by atoms with Gasteiger partial charge < -0.3 is 14.4 Å². The standard InChI is InChI=1S/C13H17NO4S/c1-13(12(16)17)5-6-14(8-13)11(15)10-4-3-9(18-10)7-19-2/h3-4H,5-8H2,1-2H3,(H,16,17). The van der Waals surface area contributed by atoms with Crippen LogP contribution in [0.15, 0.2) is 16.5 Å². The van der Waals surface area contributed by atoms with Crippen LogP contribution in [0.2, 0.25) is 0 Å². The number of nitrogens with zero attached hydrogens (tertiary/aromatic N) is 1. The Hall–Kier alpha value is -1.43. The summed E-state index contributed by atoms with van der Waals surface area (Å²) >= 11 is 1.62. The van der Waals surface area contributed by atoms with Crippen molar-refractivity contribution in [2.45, 2.75) is 19.1 Å². The predicted molar refractivity (Wildman–Crippen MR) is 72.2 cm³/mol. The van der Waals surface area contributed by atoms with Gasteiger partial charge in [-0.15, -0.1) is 0 Å². The van der Waals surface area contributed by atoms with Crippen molar-refractivity contribution >= 4 is 23.6 Å². The van der Waals surface area contributed by atoms with Crippen molar-refractivity contribution in [2.24, 2.45) is 5.41 Å². The van der Waals surface area contributed by atoms with Crippen LogP contribution >= 0.6 is 11.8 Å². The van der Waals surface area contributed by atoms with E-state index in [0.717, 1.165) is 11.5 Å². The summed E-state index contributed by atoms with van der Waals surface area (Å²) in [5, 5.41) is 9.15. The minimum Gasteiger partial charge on any atom is -0.481 e. The molecule has 0 bridgehead atoms. The van der Waals surface area contributed by atoms with E-state index in [2.05, 4.69) is 0 Å². The van der Waals surface area contributed by atoms with Gasteiger partial charge in [-0.2, -0.15) is 11.8 Å². The van der Waals surface area contributed by atoms with E-state index >= 15 is 0 Å². The molecule has 5 nitrogen and oxygen atoms in total. The maximum Gasteiger partial charge on any atom is 0.311 e. The van der Waals surface area contributed by atoms with Crippen LogP contribution in [-0.2, 0) is 10.5 Å². The summed E-state index contributed by atoms with van der Waals surface area (Å²) in [5.41, 5.74) is -0.843. The monoisotopic (exact) mass is 283 g/mol. The maximum absolute atomic E-state index is 12.2. The first-order valence-electron chi connectivity index (χ1n) is 6.06. The molecule has 0 aromatic carbocycles. The smallest absolute Gasteiger partial charge is 0.311 e. The Morgan fingerprint density at radius 3 is 2.84 bits per heavy atom. The van der Waals surface area contributed by atoms with Gasteiger partial charge in [0.05, 0.1) is 11.2 Å². The molecule has 0 saturated carbocycles. The molecule has 1 unspecified atom stereocenters. The Morgan fingerprint density at radius 2 is 2.26 bits per heavy atom. The van der Waals surface area contributed by atoms with E-state index in [9.17, 15) is 9.59 Å². The first-order chi connectivity index (χ1) is 8.96. The van der Waals surface area contributed by atoms with E-state index in [1.807, 2.05) is 6.26 Å². The molecule has 1 atom stereocenters. The van der Waals surface area contributed by atoms with Crippen LogP contribution in [0.4, 0.5) is 0 Å². The SMILES string of the molecule is CSCc1ccc(C(=O)N2CCC(C)(C(=O)O)C2)o1. The Labute approximate surface area is 116 Å². The van der Waals surface area contributed by atoms with Crippen LogP contribution in [0.1, 0.15) is 29.7 Å². The molecule has 1 aromatic heterocycles. The molecule has 0 aliphatic carbocycles. The Bertz CT molecular complexity index is 499. The van der Waals surface area contributed by atoms with E-state index in [0.29, 0.717) is 18.7 Å². The van der Waals surface area contributed by atoms with Crippen molar-refractivity contribution in [1.29, 1.82) is 0 Å². The van der Waals surface area contributed by atoms with E-state index in [4.69, 9.17) is 9.52 Å². The molecule has 0 radical (unpaired) electrons. The van der Waals surface area contributed by atoms with Crippen LogP contribution < -0.4 is 0 Å². The van der Waals surface area contributed by atoms with Gasteiger partial charge >= 0.3 is 5.97 Å². The number of carbonyl (C=O) groups is 2. The number of carboxylic acids is 1. The molecule has 1 saturated heterocycles. The van der Waals surface area contributed by atoms with Crippen molar-refractivity contribution in [3.8, 4) is 0 Å². The molecule has 2 rings (SSSR count). The Morgan fingerprint density at radius 1 is 1.53 bits per heavy atom. The summed E-state index contributed by atoms with van der Waals surface area (Å²) in [6.45, 7) is 2.36. The largest absolute Gasteiger partial charge is 0.481 e. The lowest BCUT2D eigenvalue weighted by molar-refractivity contribution is -0.147. The highest BCUT2D eigenvalue weighted by atomic mass is 32.2. The highest BCUT2D eigenvalue weighted by molar-refractivity contribution is 7.97. The van der Waals surface area contributed by atoms with Crippen molar-refractivity contribution in [3.63, 3.8) is 0 Å². The topological polar surface area (TPSA) is 70.8 Å². The summed E-state index contributed by atoms with van der Waals surface area (Å²) in [4.78, 5) is 24.9. The number of carbonyl (C=O) groups excluding carboxylic acids is 1. The molecule has 19 heavy (non-hydrogen) atoms. The molecule has 1 N–H and O–H groups in total. The highest BCUT2D eigenvalue weighted by Crippen LogP contribution is 2.31. The number of carboxylic acid groups (broad SMARTS) is 1. The van der Waals surface area contributed by atoms with Crippen molar-refractivity contribution in [1.82, 2.24) is 4.90 Å². The number of hydrogen-bond acceptors (Lipinski definition) is 4. The minimum atomic E-state index is -0.856. The van der Waals surface area contributed by atoms with E-state index in [-0.39, 0.29) is 12.5 Å². The lowest BCUT2D eigenvalue weighted by Gasteiger charge is -2.19. The third-order valence-electron chi connectivity index (χ3n) is 3.44. The molecule has 1 amide bonds. The normalized spacial score (nSPS) is 22.7. The fourth-order valence-electron chi connectivity index (χ4n) is 2.18. The molecular weight excluding hydrogens is 266 g/mol. The van der Waals surface area contributed by atoms with Gasteiger partial charge in [0.2, 0.25) is 0 Å². The molecule has 0 spiro atoms. The number of aliphatic carboxylic acids is 1. The lowest BCUT2D eigenvalue weighted by atomic mass is 9.90. The van der Waals surface area contributed by atoms with Crippen molar-refractivity contribution < 1.29 is 19.1 Å². The van der Waals surface area contributed by atoms with Crippen molar-refractivity contribution in [3.05, 3.63) is 23.7 Å². The predicted octanol–water partition coefficient (Wildman–Crippen LogP) is 2.08. The first-order valence-corrected chi connectivity index (χ1v) is 7.46. The highest BCUT2D eigenvalue weighted by Gasteiger charge is 2.42. The second-order valence-corrected chi connectivity index (χ2v) is 5.91. The van der Waals surface area contributed by atoms with E-state index < -0.39 is 11.4 Å². The minimum absolute atomic E-state index is 0.225. The molecule has 1 fully saturated rings. The number of thioether (sulfide) groups is 1. The van der Waals surface area contributed by atoms with Gasteiger partial charge in [-0.05, 0) is 31.7 Å². The lowest BCUT2D eigenvalue weighted by Crippen LogP contribution is -2.34. The number of hydrogen-bond donors (Lipinski definition) is 1. The molecule has 1 aliphatic rings. The zero-order valence-corrected chi connectivity index (χ0v) is 11.8. The third-order valence-corrected chi connectivity index (χ3v) is 4.01. The summed E-state index contributed by atoms with van der Waals surface area (Å²) in [7, 11) is 0. The van der Waals surface area contributed by atoms with E-state index in [1.54, 1.807) is 35.7 Å². The van der Waals surface area contributed by atoms with Crippen LogP contribution in [0.5, 0.6) is 0 Å². The average molecular weight is 283 g/mol. The second-order valence-electron chi connectivity index (χ2n) is 5.04. The molecule has 6 heteroatoms. The van der Waals surface area contributed by atoms with Gasteiger partial charge in [-0.25, -0.2) is 0 Å². The quantitative estimate of drug-likeness (QED) is 0.916. The number of furan rings is 1. The summed E-state index contributed by atoms with van der Waals surface area (Å²) in [6, 6.07) is 3.44. The number of likely N-dealkylation sites (tertiary alicyclic amines) is 1. The second kappa shape index (κ2) is 5.28. The summed E-state index contributed by atoms with van der Waals surface area (Å²) in [6.07, 6.45) is 2.44. The van der Waals surface area contributed by atoms with Gasteiger partial charge in [-0.3, -0.25) is 9.59 Å². The Balaban J connectivity index is 2.06. The first kappa shape index (κ1) is 14.0. The molecule has 104 valence electrons. The van der Waals surface area contributed by atoms with Gasteiger partial charge in [0.15, 0.2) is 5.76 Å². The summed E-state index contributed by atoms with van der Waals surface area (Å²) < 4.78 is 5.47. The number of rotatable bonds is 4. The van der Waals surface area contributed by atoms with Crippen LogP contribution in [0, 0.1) is 5.41 Å². The van der Waals surface area contributed by atoms with E-state index in [1.165, 1.54) is 0 Å². The Kier molecular flexibility index (Phi) is 3.89. The molecular formula is C13H17NO4S. The third kappa shape index (κ3) is 2.78. The number of amides is 1. The van der Waals surface area contributed by atoms with Gasteiger partial charge in [0.25, 0.3) is 5.91 Å². The fraction of sp³-hybridized carbons (Fsp3) is 0.538.